The minimum Gasteiger partial charge on any atom is -0.494 e. The normalized spacial score (nSPS) is 11.5. The predicted molar refractivity (Wildman–Crippen MR) is 231 cm³/mol. The highest BCUT2D eigenvalue weighted by molar-refractivity contribution is 6.04. The lowest BCUT2D eigenvalue weighted by Crippen LogP contribution is -2.27. The van der Waals surface area contributed by atoms with Crippen molar-refractivity contribution in [2.24, 2.45) is 11.5 Å². The van der Waals surface area contributed by atoms with Gasteiger partial charge in [0.2, 0.25) is 17.8 Å². The molecule has 3 aromatic carbocycles. The van der Waals surface area contributed by atoms with Gasteiger partial charge >= 0.3 is 6.09 Å². The first-order valence-corrected chi connectivity index (χ1v) is 19.2. The van der Waals surface area contributed by atoms with Gasteiger partial charge in [0, 0.05) is 48.6 Å². The van der Waals surface area contributed by atoms with E-state index in [0.29, 0.717) is 40.4 Å². The van der Waals surface area contributed by atoms with Gasteiger partial charge in [-0.2, -0.15) is 5.10 Å². The largest absolute Gasteiger partial charge is 0.494 e. The summed E-state index contributed by atoms with van der Waals surface area (Å²) in [6.45, 7) is 9.59. The fraction of sp³-hybridized carbons (Fsp3) is 0.286. The van der Waals surface area contributed by atoms with Crippen molar-refractivity contribution in [2.75, 3.05) is 42.8 Å². The minimum atomic E-state index is -0.889. The van der Waals surface area contributed by atoms with Gasteiger partial charge in [0.1, 0.15) is 41.5 Å². The van der Waals surface area contributed by atoms with E-state index in [0.717, 1.165) is 6.07 Å². The first-order valence-electron chi connectivity index (χ1n) is 19.2. The summed E-state index contributed by atoms with van der Waals surface area (Å²) < 4.78 is 25.7. The van der Waals surface area contributed by atoms with Crippen LogP contribution in [0.3, 0.4) is 0 Å². The number of nitro benzene ring substituents is 1. The Bertz CT molecular complexity index is 2550. The summed E-state index contributed by atoms with van der Waals surface area (Å²) in [5, 5.41) is 25.0. The third kappa shape index (κ3) is 11.6. The molecule has 62 heavy (non-hydrogen) atoms. The van der Waals surface area contributed by atoms with Crippen LogP contribution in [0.15, 0.2) is 78.9 Å². The van der Waals surface area contributed by atoms with E-state index in [1.54, 1.807) is 91.6 Å². The molecule has 2 heterocycles. The molecule has 5 rings (SSSR count). The highest BCUT2D eigenvalue weighted by Crippen LogP contribution is 2.36. The summed E-state index contributed by atoms with van der Waals surface area (Å²) in [6, 6.07) is 13.7. The summed E-state index contributed by atoms with van der Waals surface area (Å²) in [6.07, 6.45) is 6.09. The average molecular weight is 853 g/mol. The van der Waals surface area contributed by atoms with Crippen molar-refractivity contribution in [2.45, 2.75) is 53.3 Å². The number of nitrogens with zero attached hydrogens (tertiary/aromatic N) is 5. The number of aromatic nitrogens is 4. The highest BCUT2D eigenvalue weighted by atomic mass is 16.6. The number of rotatable bonds is 19. The number of methoxy groups -OCH3 is 1. The van der Waals surface area contributed by atoms with Gasteiger partial charge in [-0.25, -0.2) is 9.78 Å². The van der Waals surface area contributed by atoms with Gasteiger partial charge in [0.05, 0.1) is 23.2 Å². The van der Waals surface area contributed by atoms with E-state index in [1.807, 2.05) is 6.92 Å². The smallest absolute Gasteiger partial charge is 0.412 e. The van der Waals surface area contributed by atoms with Crippen LogP contribution in [0.25, 0.3) is 11.0 Å². The van der Waals surface area contributed by atoms with Crippen LogP contribution in [-0.4, -0.2) is 80.5 Å². The summed E-state index contributed by atoms with van der Waals surface area (Å²) >= 11 is 0. The van der Waals surface area contributed by atoms with Crippen molar-refractivity contribution < 1.29 is 43.0 Å². The highest BCUT2D eigenvalue weighted by Gasteiger charge is 2.24. The number of hydrogen-bond donors (Lipinski definition) is 5. The van der Waals surface area contributed by atoms with Gasteiger partial charge in [0.25, 0.3) is 11.6 Å². The second-order valence-corrected chi connectivity index (χ2v) is 14.5. The molecular weight excluding hydrogens is 805 g/mol. The standard InChI is InChI=1S/C42H48N10O10/c1-7-51-32(19-25(2)49-51)39(55)48-40-47-30-20-26(37(43)53)23-34(59-6)36(30)50(40)16-9-8-15-45-35-31(52(57)58)21-27(38(44)54)22-33(35)61-18-11-10-17-60-29-14-12-13-28(24-29)46-41(56)62-42(3,4)5/h8-14,19-24,45H,7,15-18H2,1-6H3,(H2,43,53)(H2,44,54)(H,46,56)(H,47,48,55)/b9-8+,11-10+. The molecule has 0 fully saturated rings. The van der Waals surface area contributed by atoms with Gasteiger partial charge in [-0.1, -0.05) is 18.2 Å². The predicted octanol–water partition coefficient (Wildman–Crippen LogP) is 5.96. The number of allylic oxidation sites excluding steroid dienone is 1. The Kier molecular flexibility index (Phi) is 14.5. The number of carbonyl (C=O) groups excluding carboxylic acids is 4. The molecule has 0 unspecified atom stereocenters. The lowest BCUT2D eigenvalue weighted by Gasteiger charge is -2.19. The van der Waals surface area contributed by atoms with Crippen molar-refractivity contribution in [3.05, 3.63) is 112 Å². The van der Waals surface area contributed by atoms with Crippen LogP contribution < -0.4 is 41.6 Å². The number of nitrogens with one attached hydrogen (secondary N) is 3. The molecule has 7 N–H and O–H groups in total. The molecule has 0 radical (unpaired) electrons. The maximum Gasteiger partial charge on any atom is 0.412 e. The van der Waals surface area contributed by atoms with Crippen molar-refractivity contribution in [1.82, 2.24) is 19.3 Å². The third-order valence-corrected chi connectivity index (χ3v) is 8.71. The number of nitro groups is 1. The Labute approximate surface area is 356 Å². The van der Waals surface area contributed by atoms with E-state index >= 15 is 0 Å². The second kappa shape index (κ2) is 19.9. The molecular formula is C42H48N10O10. The number of ether oxygens (including phenoxy) is 4. The van der Waals surface area contributed by atoms with Gasteiger partial charge in [-0.3, -0.25) is 39.8 Å². The number of hydrogen-bond acceptors (Lipinski definition) is 13. The molecule has 4 amide bonds. The first-order chi connectivity index (χ1) is 29.5. The number of imidazole rings is 1. The number of fused-ring (bicyclic) bond motifs is 1. The molecule has 20 nitrogen and oxygen atoms in total. The molecule has 326 valence electrons. The van der Waals surface area contributed by atoms with Crippen LogP contribution >= 0.6 is 0 Å². The fourth-order valence-electron chi connectivity index (χ4n) is 6.04. The van der Waals surface area contributed by atoms with E-state index in [2.05, 4.69) is 26.0 Å². The van der Waals surface area contributed by atoms with Crippen LogP contribution in [-0.2, 0) is 17.8 Å². The maximum absolute atomic E-state index is 13.5. The SMILES string of the molecule is CCn1nc(C)cc1C(=O)Nc1nc2cc(C(N)=O)cc(OC)c2n1C/C=C/CNc1c(OC/C=C/COc2cccc(NC(=O)OC(C)(C)C)c2)cc(C(N)=O)cc1[N+](=O)[O-]. The van der Waals surface area contributed by atoms with Crippen molar-refractivity contribution in [3.63, 3.8) is 0 Å². The number of benzene rings is 3. The second-order valence-electron chi connectivity index (χ2n) is 14.5. The van der Waals surface area contributed by atoms with E-state index in [1.165, 1.54) is 25.3 Å². The first kappa shape index (κ1) is 45.2. The number of primary amides is 2. The van der Waals surface area contributed by atoms with Crippen molar-refractivity contribution in [1.29, 1.82) is 0 Å². The van der Waals surface area contributed by atoms with Gasteiger partial charge in [-0.15, -0.1) is 0 Å². The fourth-order valence-corrected chi connectivity index (χ4v) is 6.04. The Morgan fingerprint density at radius 2 is 1.60 bits per heavy atom. The monoisotopic (exact) mass is 852 g/mol. The zero-order chi connectivity index (χ0) is 45.1. The lowest BCUT2D eigenvalue weighted by atomic mass is 10.1. The third-order valence-electron chi connectivity index (χ3n) is 8.71. The molecule has 0 saturated heterocycles. The van der Waals surface area contributed by atoms with Gasteiger partial charge in [-0.05, 0) is 83.2 Å². The molecule has 0 aliphatic carbocycles. The van der Waals surface area contributed by atoms with Gasteiger partial charge in [0.15, 0.2) is 11.4 Å². The van der Waals surface area contributed by atoms with E-state index in [9.17, 15) is 29.3 Å². The van der Waals surface area contributed by atoms with Crippen LogP contribution in [0.1, 0.15) is 64.6 Å². The van der Waals surface area contributed by atoms with Crippen molar-refractivity contribution in [3.8, 4) is 17.2 Å². The summed E-state index contributed by atoms with van der Waals surface area (Å²) in [5.74, 6) is -1.17. The van der Waals surface area contributed by atoms with Crippen molar-refractivity contribution >= 4 is 57.9 Å². The zero-order valence-corrected chi connectivity index (χ0v) is 35.0. The Morgan fingerprint density at radius 3 is 2.26 bits per heavy atom. The van der Waals surface area contributed by atoms with E-state index < -0.39 is 40.0 Å². The summed E-state index contributed by atoms with van der Waals surface area (Å²) in [7, 11) is 1.42. The van der Waals surface area contributed by atoms with Crippen LogP contribution in [0.4, 0.5) is 27.8 Å². The topological polar surface area (TPSA) is 272 Å². The number of aryl methyl sites for hydroxylation is 2. The molecule has 0 bridgehead atoms. The number of anilines is 3. The van der Waals surface area contributed by atoms with E-state index in [4.69, 9.17) is 30.4 Å². The quantitative estimate of drug-likeness (QED) is 0.0365. The molecule has 5 aromatic rings. The Morgan fingerprint density at radius 1 is 0.903 bits per heavy atom. The lowest BCUT2D eigenvalue weighted by molar-refractivity contribution is -0.384. The molecule has 2 aromatic heterocycles. The molecule has 0 aliphatic heterocycles. The Hall–Kier alpha value is -7.90. The molecule has 0 aliphatic rings. The molecule has 0 saturated carbocycles. The van der Waals surface area contributed by atoms with E-state index in [-0.39, 0.29) is 60.6 Å². The summed E-state index contributed by atoms with van der Waals surface area (Å²) in [5.41, 5.74) is 12.2. The molecule has 20 heteroatoms. The number of nitrogens with two attached hydrogens (primary N) is 2. The number of amides is 4. The maximum atomic E-state index is 13.5. The van der Waals surface area contributed by atoms with Gasteiger partial charge < -0.3 is 40.3 Å². The summed E-state index contributed by atoms with van der Waals surface area (Å²) in [4.78, 5) is 65.9. The number of carbonyl (C=O) groups is 4. The molecule has 0 atom stereocenters. The Balaban J connectivity index is 1.31. The molecule has 0 spiro atoms. The zero-order valence-electron chi connectivity index (χ0n) is 35.0. The average Bonchev–Trinajstić information content (AvgIpc) is 3.76. The van der Waals surface area contributed by atoms with Crippen LogP contribution in [0, 0.1) is 17.0 Å². The van der Waals surface area contributed by atoms with Crippen LogP contribution in [0.5, 0.6) is 17.2 Å². The van der Waals surface area contributed by atoms with Crippen LogP contribution in [0.2, 0.25) is 0 Å². The minimum absolute atomic E-state index is 0.00459.